The lowest BCUT2D eigenvalue weighted by Gasteiger charge is -2.09. The van der Waals surface area contributed by atoms with Crippen LogP contribution < -0.4 is 0 Å². The van der Waals surface area contributed by atoms with Gasteiger partial charge in [0.1, 0.15) is 0 Å². The first-order valence-electron chi connectivity index (χ1n) is 6.50. The van der Waals surface area contributed by atoms with Gasteiger partial charge < -0.3 is 0 Å². The Kier molecular flexibility index (Phi) is 4.49. The van der Waals surface area contributed by atoms with E-state index >= 15 is 0 Å². The van der Waals surface area contributed by atoms with Gasteiger partial charge in [-0.2, -0.15) is 0 Å². The topological polar surface area (TPSA) is 0 Å². The highest BCUT2D eigenvalue weighted by Crippen LogP contribution is 2.30. The van der Waals surface area contributed by atoms with Crippen LogP contribution in [0, 0.1) is 0 Å². The van der Waals surface area contributed by atoms with Crippen LogP contribution in [0.1, 0.15) is 32.3 Å². The van der Waals surface area contributed by atoms with E-state index in [1.165, 1.54) is 40.5 Å². The van der Waals surface area contributed by atoms with E-state index in [9.17, 15) is 0 Å². The minimum Gasteiger partial charge on any atom is -0.126 e. The third-order valence-electron chi connectivity index (χ3n) is 3.07. The third-order valence-corrected chi connectivity index (χ3v) is 4.03. The molecule has 0 aliphatic rings. The number of aryl methyl sites for hydroxylation is 1. The van der Waals surface area contributed by atoms with Crippen molar-refractivity contribution in [2.45, 2.75) is 38.0 Å². The van der Waals surface area contributed by atoms with Crippen LogP contribution in [0.25, 0.3) is 10.8 Å². The molecule has 2 rings (SSSR count). The van der Waals surface area contributed by atoms with Crippen molar-refractivity contribution in [2.75, 3.05) is 5.75 Å². The van der Waals surface area contributed by atoms with Crippen molar-refractivity contribution < 1.29 is 0 Å². The van der Waals surface area contributed by atoms with Gasteiger partial charge in [0, 0.05) is 4.90 Å². The molecule has 2 aromatic carbocycles. The number of unbranched alkanes of at least 4 members (excludes halogenated alkanes) is 1. The van der Waals surface area contributed by atoms with Gasteiger partial charge >= 0.3 is 0 Å². The predicted octanol–water partition coefficient (Wildman–Crippen LogP) is 5.29. The zero-order valence-electron chi connectivity index (χ0n) is 10.7. The Balaban J connectivity index is 2.45. The third kappa shape index (κ3) is 2.84. The minimum atomic E-state index is 1.14. The van der Waals surface area contributed by atoms with Gasteiger partial charge in [0.25, 0.3) is 0 Å². The molecule has 0 N–H and O–H groups in total. The van der Waals surface area contributed by atoms with Crippen LogP contribution >= 0.6 is 11.8 Å². The molecule has 1 heteroatoms. The molecule has 0 fully saturated rings. The van der Waals surface area contributed by atoms with Crippen molar-refractivity contribution in [3.8, 4) is 0 Å². The van der Waals surface area contributed by atoms with E-state index in [1.54, 1.807) is 0 Å². The van der Waals surface area contributed by atoms with E-state index in [4.69, 9.17) is 0 Å². The van der Waals surface area contributed by atoms with Crippen molar-refractivity contribution in [2.24, 2.45) is 0 Å². The zero-order valence-corrected chi connectivity index (χ0v) is 11.5. The van der Waals surface area contributed by atoms with Gasteiger partial charge in [-0.15, -0.1) is 11.8 Å². The number of rotatable bonds is 5. The van der Waals surface area contributed by atoms with Gasteiger partial charge in [0.15, 0.2) is 0 Å². The fourth-order valence-corrected chi connectivity index (χ4v) is 3.03. The molecule has 0 amide bonds. The highest BCUT2D eigenvalue weighted by atomic mass is 32.2. The van der Waals surface area contributed by atoms with Crippen LogP contribution in [0.2, 0.25) is 0 Å². The minimum absolute atomic E-state index is 1.14. The Morgan fingerprint density at radius 3 is 2.47 bits per heavy atom. The van der Waals surface area contributed by atoms with Gasteiger partial charge in [-0.05, 0) is 41.0 Å². The summed E-state index contributed by atoms with van der Waals surface area (Å²) < 4.78 is 0. The number of thioether (sulfide) groups is 1. The number of hydrogen-bond acceptors (Lipinski definition) is 1. The van der Waals surface area contributed by atoms with Crippen molar-refractivity contribution in [1.82, 2.24) is 0 Å². The van der Waals surface area contributed by atoms with Gasteiger partial charge in [0.2, 0.25) is 0 Å². The molecule has 0 saturated carbocycles. The fourth-order valence-electron chi connectivity index (χ4n) is 2.21. The van der Waals surface area contributed by atoms with Crippen LogP contribution in [-0.4, -0.2) is 5.75 Å². The second-order valence-corrected chi connectivity index (χ2v) is 5.61. The second-order valence-electron chi connectivity index (χ2n) is 4.30. The quantitative estimate of drug-likeness (QED) is 0.644. The smallest absolute Gasteiger partial charge is 0.0150 e. The summed E-state index contributed by atoms with van der Waals surface area (Å²) in [5, 5.41) is 2.87. The first kappa shape index (κ1) is 12.5. The maximum absolute atomic E-state index is 2.28. The first-order valence-corrected chi connectivity index (χ1v) is 7.48. The average Bonchev–Trinajstić information content (AvgIpc) is 2.37. The molecule has 0 aromatic heterocycles. The van der Waals surface area contributed by atoms with Gasteiger partial charge in [-0.3, -0.25) is 0 Å². The summed E-state index contributed by atoms with van der Waals surface area (Å²) in [5.74, 6) is 1.14. The molecular weight excluding hydrogens is 224 g/mol. The highest BCUT2D eigenvalue weighted by Gasteiger charge is 2.04. The van der Waals surface area contributed by atoms with Crippen LogP contribution in [0.4, 0.5) is 0 Å². The maximum Gasteiger partial charge on any atom is 0.0150 e. The van der Waals surface area contributed by atoms with E-state index in [1.807, 2.05) is 11.8 Å². The van der Waals surface area contributed by atoms with E-state index < -0.39 is 0 Å². The van der Waals surface area contributed by atoms with Crippen LogP contribution in [-0.2, 0) is 6.42 Å². The Bertz CT molecular complexity index is 488. The normalized spacial score (nSPS) is 10.9. The van der Waals surface area contributed by atoms with Crippen LogP contribution in [0.5, 0.6) is 0 Å². The van der Waals surface area contributed by atoms with E-state index in [0.29, 0.717) is 0 Å². The summed E-state index contributed by atoms with van der Waals surface area (Å²) in [6, 6.07) is 13.4. The maximum atomic E-state index is 2.28. The number of benzene rings is 2. The molecule has 0 saturated heterocycles. The zero-order chi connectivity index (χ0) is 12.1. The summed E-state index contributed by atoms with van der Waals surface area (Å²) in [6.07, 6.45) is 3.75. The SMILES string of the molecule is CCCCc1cccc2c(SCC)cccc12. The molecule has 0 heterocycles. The molecule has 0 atom stereocenters. The van der Waals surface area contributed by atoms with E-state index in [0.717, 1.165) is 5.75 Å². The molecule has 0 aliphatic heterocycles. The standard InChI is InChI=1S/C16H20S/c1-3-5-8-13-9-6-11-15-14(13)10-7-12-16(15)17-4-2/h6-7,9-12H,3-5,8H2,1-2H3. The average molecular weight is 244 g/mol. The van der Waals surface area contributed by atoms with E-state index in [2.05, 4.69) is 50.2 Å². The van der Waals surface area contributed by atoms with Crippen molar-refractivity contribution in [1.29, 1.82) is 0 Å². The largest absolute Gasteiger partial charge is 0.126 e. The van der Waals surface area contributed by atoms with Crippen molar-refractivity contribution in [3.63, 3.8) is 0 Å². The van der Waals surface area contributed by atoms with Gasteiger partial charge in [0.05, 0.1) is 0 Å². The molecule has 0 unspecified atom stereocenters. The number of fused-ring (bicyclic) bond motifs is 1. The number of hydrogen-bond donors (Lipinski definition) is 0. The molecule has 2 aromatic rings. The van der Waals surface area contributed by atoms with E-state index in [-0.39, 0.29) is 0 Å². The second kappa shape index (κ2) is 6.11. The molecule has 0 bridgehead atoms. The lowest BCUT2D eigenvalue weighted by atomic mass is 10.0. The Morgan fingerprint density at radius 2 is 1.71 bits per heavy atom. The first-order chi connectivity index (χ1) is 8.36. The fraction of sp³-hybridized carbons (Fsp3) is 0.375. The monoisotopic (exact) mass is 244 g/mol. The Labute approximate surface area is 108 Å². The lowest BCUT2D eigenvalue weighted by molar-refractivity contribution is 0.799. The Hall–Kier alpha value is -0.950. The van der Waals surface area contributed by atoms with Crippen LogP contribution in [0.3, 0.4) is 0 Å². The molecule has 0 spiro atoms. The summed E-state index contributed by atoms with van der Waals surface area (Å²) >= 11 is 1.94. The summed E-state index contributed by atoms with van der Waals surface area (Å²) in [7, 11) is 0. The van der Waals surface area contributed by atoms with Crippen molar-refractivity contribution in [3.05, 3.63) is 42.0 Å². The molecular formula is C16H20S. The summed E-state index contributed by atoms with van der Waals surface area (Å²) in [5.41, 5.74) is 1.50. The molecule has 0 radical (unpaired) electrons. The highest BCUT2D eigenvalue weighted by molar-refractivity contribution is 7.99. The summed E-state index contributed by atoms with van der Waals surface area (Å²) in [6.45, 7) is 4.47. The predicted molar refractivity (Wildman–Crippen MR) is 79.0 cm³/mol. The van der Waals surface area contributed by atoms with Crippen molar-refractivity contribution >= 4 is 22.5 Å². The summed E-state index contributed by atoms with van der Waals surface area (Å²) in [4.78, 5) is 1.42. The molecule has 0 nitrogen and oxygen atoms in total. The Morgan fingerprint density at radius 1 is 0.941 bits per heavy atom. The van der Waals surface area contributed by atoms with Crippen LogP contribution in [0.15, 0.2) is 41.3 Å². The lowest BCUT2D eigenvalue weighted by Crippen LogP contribution is -1.88. The molecule has 0 aliphatic carbocycles. The van der Waals surface area contributed by atoms with Gasteiger partial charge in [-0.1, -0.05) is 50.6 Å². The molecule has 90 valence electrons. The van der Waals surface area contributed by atoms with Gasteiger partial charge in [-0.25, -0.2) is 0 Å². The molecule has 17 heavy (non-hydrogen) atoms.